The molecule has 0 aliphatic rings. The Morgan fingerprint density at radius 1 is 1.37 bits per heavy atom. The average Bonchev–Trinajstić information content (AvgIpc) is 2.10. The molecule has 9 heteroatoms. The van der Waals surface area contributed by atoms with Crippen LogP contribution in [0.4, 0.5) is 14.5 Å². The zero-order valence-corrected chi connectivity index (χ0v) is 11.9. The maximum absolute atomic E-state index is 13.5. The molecule has 0 saturated heterocycles. The lowest BCUT2D eigenvalue weighted by molar-refractivity contribution is 0.511. The zero-order chi connectivity index (χ0) is 14.8. The van der Waals surface area contributed by atoms with E-state index in [2.05, 4.69) is 4.72 Å². The van der Waals surface area contributed by atoms with Gasteiger partial charge in [-0.05, 0) is 19.1 Å². The van der Waals surface area contributed by atoms with E-state index in [9.17, 15) is 21.4 Å². The topological polar surface area (TPSA) is 89.3 Å². The van der Waals surface area contributed by atoms with Gasteiger partial charge in [-0.15, -0.1) is 0 Å². The highest BCUT2D eigenvalue weighted by Crippen LogP contribution is 2.21. The molecule has 19 heavy (non-hydrogen) atoms. The van der Waals surface area contributed by atoms with Gasteiger partial charge in [-0.1, -0.05) is 0 Å². The van der Waals surface area contributed by atoms with Crippen molar-refractivity contribution < 1.29 is 21.4 Å². The van der Waals surface area contributed by atoms with Gasteiger partial charge in [0, 0.05) is 34.5 Å². The number of anilines is 1. The van der Waals surface area contributed by atoms with E-state index in [1.165, 1.54) is 13.2 Å². The van der Waals surface area contributed by atoms with Gasteiger partial charge in [0.15, 0.2) is 4.90 Å². The first-order valence-corrected chi connectivity index (χ1v) is 8.41. The summed E-state index contributed by atoms with van der Waals surface area (Å²) in [5.41, 5.74) is 4.99. The predicted molar refractivity (Wildman–Crippen MR) is 69.5 cm³/mol. The molecule has 0 spiro atoms. The predicted octanol–water partition coefficient (Wildman–Crippen LogP) is 0.592. The van der Waals surface area contributed by atoms with Gasteiger partial charge < -0.3 is 5.73 Å². The smallest absolute Gasteiger partial charge is 0.246 e. The first kappa shape index (κ1) is 16.0. The summed E-state index contributed by atoms with van der Waals surface area (Å²) in [6.07, 6.45) is 1.40. The number of halogens is 2. The molecule has 0 bridgehead atoms. The third-order valence-corrected chi connectivity index (χ3v) is 4.74. The highest BCUT2D eigenvalue weighted by Gasteiger charge is 2.26. The lowest BCUT2D eigenvalue weighted by atomic mass is 10.3. The maximum Gasteiger partial charge on any atom is 0.246 e. The third kappa shape index (κ3) is 4.22. The Bertz CT molecular complexity index is 582. The lowest BCUT2D eigenvalue weighted by Crippen LogP contribution is -2.37. The number of nitrogen functional groups attached to an aromatic ring is 1. The van der Waals surface area contributed by atoms with E-state index in [0.29, 0.717) is 0 Å². The van der Waals surface area contributed by atoms with E-state index in [-0.39, 0.29) is 11.4 Å². The van der Waals surface area contributed by atoms with Crippen LogP contribution in [-0.4, -0.2) is 30.7 Å². The number of sulfonamides is 1. The van der Waals surface area contributed by atoms with Crippen LogP contribution in [0, 0.1) is 11.6 Å². The van der Waals surface area contributed by atoms with Gasteiger partial charge in [0.1, 0.15) is 11.6 Å². The summed E-state index contributed by atoms with van der Waals surface area (Å²) in [4.78, 5) is -1.09. The molecule has 1 aromatic rings. The summed E-state index contributed by atoms with van der Waals surface area (Å²) in [6, 6.07) is 0.729. The molecule has 0 aliphatic carbocycles. The second kappa shape index (κ2) is 5.93. The Hall–Kier alpha value is -1.06. The Balaban J connectivity index is 3.11. The normalized spacial score (nSPS) is 15.2. The molecular weight excluding hydrogens is 298 g/mol. The van der Waals surface area contributed by atoms with Crippen LogP contribution in [0.1, 0.15) is 6.92 Å². The zero-order valence-electron chi connectivity index (χ0n) is 10.3. The summed E-state index contributed by atoms with van der Waals surface area (Å²) in [6.45, 7) is 1.45. The fraction of sp³-hybridized carbons (Fsp3) is 0.400. The second-order valence-corrected chi connectivity index (χ2v) is 7.21. The van der Waals surface area contributed by atoms with Gasteiger partial charge in [-0.2, -0.15) is 0 Å². The van der Waals surface area contributed by atoms with Crippen LogP contribution in [0.5, 0.6) is 0 Å². The first-order valence-electron chi connectivity index (χ1n) is 5.20. The average molecular weight is 312 g/mol. The van der Waals surface area contributed by atoms with Crippen molar-refractivity contribution in [2.24, 2.45) is 0 Å². The molecule has 1 aromatic carbocycles. The number of rotatable bonds is 5. The monoisotopic (exact) mass is 312 g/mol. The summed E-state index contributed by atoms with van der Waals surface area (Å²) in [7, 11) is -5.61. The minimum Gasteiger partial charge on any atom is -0.399 e. The van der Waals surface area contributed by atoms with Gasteiger partial charge in [0.25, 0.3) is 0 Å². The number of hydrogen-bond acceptors (Lipinski definition) is 4. The van der Waals surface area contributed by atoms with Crippen molar-refractivity contribution in [1.29, 1.82) is 0 Å². The maximum atomic E-state index is 13.5. The largest absolute Gasteiger partial charge is 0.399 e. The van der Waals surface area contributed by atoms with Gasteiger partial charge >= 0.3 is 0 Å². The highest BCUT2D eigenvalue weighted by atomic mass is 32.2. The number of nitrogens with two attached hydrogens (primary N) is 1. The molecular formula is C10H14F2N2O3S2. The van der Waals surface area contributed by atoms with Crippen molar-refractivity contribution in [1.82, 2.24) is 4.72 Å². The van der Waals surface area contributed by atoms with E-state index >= 15 is 0 Å². The van der Waals surface area contributed by atoms with E-state index in [1.807, 2.05) is 0 Å². The van der Waals surface area contributed by atoms with Crippen LogP contribution >= 0.6 is 0 Å². The van der Waals surface area contributed by atoms with Gasteiger partial charge in [-0.25, -0.2) is 21.9 Å². The van der Waals surface area contributed by atoms with E-state index in [4.69, 9.17) is 5.73 Å². The van der Waals surface area contributed by atoms with Crippen molar-refractivity contribution in [3.8, 4) is 0 Å². The highest BCUT2D eigenvalue weighted by molar-refractivity contribution is 7.89. The molecule has 0 saturated carbocycles. The standard InChI is InChI=1S/C10H14F2N2O3S2/c1-6(5-18(2)15)14-19(16,17)10-8(11)3-7(13)4-9(10)12/h3-4,6,14H,5,13H2,1-2H3. The van der Waals surface area contributed by atoms with Crippen molar-refractivity contribution in [2.75, 3.05) is 17.7 Å². The molecule has 2 atom stereocenters. The third-order valence-electron chi connectivity index (χ3n) is 2.13. The fourth-order valence-corrected chi connectivity index (χ4v) is 3.80. The molecule has 3 N–H and O–H groups in total. The van der Waals surface area contributed by atoms with Crippen LogP contribution in [0.15, 0.2) is 17.0 Å². The minimum absolute atomic E-state index is 0.0391. The summed E-state index contributed by atoms with van der Waals surface area (Å²) < 4.78 is 63.8. The molecule has 0 heterocycles. The van der Waals surface area contributed by atoms with Gasteiger partial charge in [0.2, 0.25) is 10.0 Å². The molecule has 1 rings (SSSR count). The molecule has 0 fully saturated rings. The molecule has 2 unspecified atom stereocenters. The van der Waals surface area contributed by atoms with Crippen LogP contribution in [-0.2, 0) is 20.8 Å². The number of hydrogen-bond donors (Lipinski definition) is 2. The van der Waals surface area contributed by atoms with Gasteiger partial charge in [-0.3, -0.25) is 4.21 Å². The summed E-state index contributed by atoms with van der Waals surface area (Å²) in [5, 5.41) is 0. The van der Waals surface area contributed by atoms with Crippen molar-refractivity contribution in [2.45, 2.75) is 17.9 Å². The number of nitrogens with one attached hydrogen (secondary N) is 1. The van der Waals surface area contributed by atoms with Gasteiger partial charge in [0.05, 0.1) is 0 Å². The fourth-order valence-electron chi connectivity index (χ4n) is 1.55. The van der Waals surface area contributed by atoms with Crippen LogP contribution in [0.2, 0.25) is 0 Å². The van der Waals surface area contributed by atoms with Crippen molar-refractivity contribution in [3.05, 3.63) is 23.8 Å². The molecule has 0 amide bonds. The lowest BCUT2D eigenvalue weighted by Gasteiger charge is -2.14. The number of benzene rings is 1. The molecule has 0 radical (unpaired) electrons. The van der Waals surface area contributed by atoms with Crippen molar-refractivity contribution >= 4 is 26.5 Å². The van der Waals surface area contributed by atoms with E-state index in [1.54, 1.807) is 0 Å². The van der Waals surface area contributed by atoms with Crippen LogP contribution < -0.4 is 10.5 Å². The summed E-state index contributed by atoms with van der Waals surface area (Å²) in [5.74, 6) is -2.50. The Morgan fingerprint density at radius 2 is 1.84 bits per heavy atom. The quantitative estimate of drug-likeness (QED) is 0.779. The Labute approximate surface area is 112 Å². The van der Waals surface area contributed by atoms with Crippen molar-refractivity contribution in [3.63, 3.8) is 0 Å². The Kier molecular flexibility index (Phi) is 4.99. The van der Waals surface area contributed by atoms with Crippen LogP contribution in [0.25, 0.3) is 0 Å². The van der Waals surface area contributed by atoms with E-state index < -0.39 is 43.4 Å². The molecule has 108 valence electrons. The Morgan fingerprint density at radius 3 is 2.26 bits per heavy atom. The minimum atomic E-state index is -4.37. The molecule has 0 aliphatic heterocycles. The molecule has 5 nitrogen and oxygen atoms in total. The summed E-state index contributed by atoms with van der Waals surface area (Å²) >= 11 is 0. The van der Waals surface area contributed by atoms with Crippen LogP contribution in [0.3, 0.4) is 0 Å². The first-order chi connectivity index (χ1) is 8.63. The van der Waals surface area contributed by atoms with E-state index in [0.717, 1.165) is 12.1 Å². The molecule has 0 aromatic heterocycles. The SMILES string of the molecule is CC(CS(C)=O)NS(=O)(=O)c1c(F)cc(N)cc1F. The second-order valence-electron chi connectivity index (χ2n) is 4.08.